The molecule has 0 amide bonds. The third-order valence-corrected chi connectivity index (χ3v) is 5.17. The number of carbonyl (C=O) groups excluding carboxylic acids is 1. The highest BCUT2D eigenvalue weighted by atomic mass is 16.7. The Hall–Kier alpha value is -0.690. The van der Waals surface area contributed by atoms with E-state index in [-0.39, 0.29) is 36.1 Å². The number of hydrogen-bond acceptors (Lipinski definition) is 6. The molecule has 140 valence electrons. The molecule has 0 aromatic rings. The first kappa shape index (κ1) is 19.6. The molecule has 2 saturated heterocycles. The van der Waals surface area contributed by atoms with Gasteiger partial charge in [-0.1, -0.05) is 27.7 Å². The van der Waals surface area contributed by atoms with E-state index in [4.69, 9.17) is 18.9 Å². The fourth-order valence-corrected chi connectivity index (χ4v) is 3.22. The topological polar surface area (TPSA) is 74.2 Å². The maximum atomic E-state index is 11.0. The number of hydrogen-bond donors (Lipinski definition) is 1. The maximum absolute atomic E-state index is 11.0. The van der Waals surface area contributed by atoms with Crippen molar-refractivity contribution < 1.29 is 28.8 Å². The van der Waals surface area contributed by atoms with Crippen molar-refractivity contribution in [1.29, 1.82) is 0 Å². The summed E-state index contributed by atoms with van der Waals surface area (Å²) in [6, 6.07) is 0. The largest absolute Gasteiger partial charge is 0.465 e. The van der Waals surface area contributed by atoms with Crippen LogP contribution in [-0.4, -0.2) is 56.5 Å². The van der Waals surface area contributed by atoms with Crippen molar-refractivity contribution in [3.05, 3.63) is 0 Å². The SMILES string of the molecule is CC(=O)OCC(C)(C)C1OCC2(CCC(C(C)(C)CO)OC2)CO1. The van der Waals surface area contributed by atoms with Crippen molar-refractivity contribution in [2.24, 2.45) is 16.2 Å². The van der Waals surface area contributed by atoms with Crippen LogP contribution in [0.3, 0.4) is 0 Å². The number of rotatable bonds is 5. The van der Waals surface area contributed by atoms with E-state index in [1.165, 1.54) is 6.92 Å². The molecule has 0 aromatic heterocycles. The molecule has 2 fully saturated rings. The molecule has 1 spiro atoms. The molecule has 0 bridgehead atoms. The zero-order chi connectivity index (χ0) is 18.0. The first-order valence-corrected chi connectivity index (χ1v) is 8.69. The van der Waals surface area contributed by atoms with E-state index < -0.39 is 11.7 Å². The van der Waals surface area contributed by atoms with Crippen LogP contribution in [0.2, 0.25) is 0 Å². The summed E-state index contributed by atoms with van der Waals surface area (Å²) in [6.45, 7) is 11.5. The van der Waals surface area contributed by atoms with Crippen LogP contribution < -0.4 is 0 Å². The molecule has 1 atom stereocenters. The molecular formula is C18H32O6. The highest BCUT2D eigenvalue weighted by Crippen LogP contribution is 2.42. The second-order valence-corrected chi connectivity index (χ2v) is 8.71. The molecule has 6 nitrogen and oxygen atoms in total. The second kappa shape index (κ2) is 7.28. The molecular weight excluding hydrogens is 312 g/mol. The average Bonchev–Trinajstić information content (AvgIpc) is 2.54. The Labute approximate surface area is 144 Å². The van der Waals surface area contributed by atoms with E-state index >= 15 is 0 Å². The molecule has 0 aromatic carbocycles. The van der Waals surface area contributed by atoms with Crippen molar-refractivity contribution in [3.63, 3.8) is 0 Å². The van der Waals surface area contributed by atoms with Gasteiger partial charge in [0.15, 0.2) is 6.29 Å². The van der Waals surface area contributed by atoms with E-state index in [0.29, 0.717) is 19.8 Å². The highest BCUT2D eigenvalue weighted by Gasteiger charge is 2.46. The van der Waals surface area contributed by atoms with Crippen LogP contribution in [0.25, 0.3) is 0 Å². The van der Waals surface area contributed by atoms with Gasteiger partial charge in [-0.3, -0.25) is 4.79 Å². The summed E-state index contributed by atoms with van der Waals surface area (Å²) in [5.74, 6) is -0.298. The summed E-state index contributed by atoms with van der Waals surface area (Å²) in [7, 11) is 0. The number of carbonyl (C=O) groups is 1. The molecule has 0 radical (unpaired) electrons. The van der Waals surface area contributed by atoms with Crippen LogP contribution in [0.15, 0.2) is 0 Å². The molecule has 24 heavy (non-hydrogen) atoms. The van der Waals surface area contributed by atoms with Crippen molar-refractivity contribution in [1.82, 2.24) is 0 Å². The quantitative estimate of drug-likeness (QED) is 0.770. The molecule has 2 aliphatic rings. The lowest BCUT2D eigenvalue weighted by molar-refractivity contribution is -0.293. The van der Waals surface area contributed by atoms with Gasteiger partial charge in [-0.15, -0.1) is 0 Å². The zero-order valence-electron chi connectivity index (χ0n) is 15.6. The Bertz CT molecular complexity index is 427. The molecule has 1 N–H and O–H groups in total. The van der Waals surface area contributed by atoms with E-state index in [2.05, 4.69) is 0 Å². The predicted molar refractivity (Wildman–Crippen MR) is 88.4 cm³/mol. The third kappa shape index (κ3) is 4.48. The lowest BCUT2D eigenvalue weighted by Crippen LogP contribution is -2.54. The van der Waals surface area contributed by atoms with Gasteiger partial charge in [-0.05, 0) is 12.8 Å². The highest BCUT2D eigenvalue weighted by molar-refractivity contribution is 5.65. The van der Waals surface area contributed by atoms with Gasteiger partial charge in [-0.2, -0.15) is 0 Å². The minimum absolute atomic E-state index is 0.0613. The first-order valence-electron chi connectivity index (χ1n) is 8.69. The molecule has 0 aliphatic carbocycles. The number of ether oxygens (including phenoxy) is 4. The van der Waals surface area contributed by atoms with Gasteiger partial charge in [0.2, 0.25) is 0 Å². The molecule has 2 aliphatic heterocycles. The standard InChI is InChI=1S/C18H32O6/c1-13(20)21-9-17(4,5)15-23-11-18(12-24-15)7-6-14(22-10-18)16(2,3)8-19/h14-15,19H,6-12H2,1-5H3. The Morgan fingerprint density at radius 1 is 1.12 bits per heavy atom. The summed E-state index contributed by atoms with van der Waals surface area (Å²) in [6.07, 6.45) is 1.51. The Morgan fingerprint density at radius 3 is 2.17 bits per heavy atom. The van der Waals surface area contributed by atoms with Crippen LogP contribution in [0.5, 0.6) is 0 Å². The lowest BCUT2D eigenvalue weighted by atomic mass is 9.76. The Morgan fingerprint density at radius 2 is 1.71 bits per heavy atom. The predicted octanol–water partition coefficient (Wildman–Crippen LogP) is 2.13. The molecule has 2 rings (SSSR count). The number of aliphatic hydroxyl groups excluding tert-OH is 1. The van der Waals surface area contributed by atoms with Crippen LogP contribution in [-0.2, 0) is 23.7 Å². The van der Waals surface area contributed by atoms with E-state index in [1.807, 2.05) is 27.7 Å². The van der Waals surface area contributed by atoms with Gasteiger partial charge in [0, 0.05) is 23.2 Å². The monoisotopic (exact) mass is 344 g/mol. The minimum atomic E-state index is -0.399. The average molecular weight is 344 g/mol. The van der Waals surface area contributed by atoms with Crippen molar-refractivity contribution in [2.75, 3.05) is 33.0 Å². The van der Waals surface area contributed by atoms with Crippen LogP contribution in [0.4, 0.5) is 0 Å². The van der Waals surface area contributed by atoms with Gasteiger partial charge in [0.1, 0.15) is 6.61 Å². The summed E-state index contributed by atoms with van der Waals surface area (Å²) >= 11 is 0. The zero-order valence-corrected chi connectivity index (χ0v) is 15.6. The van der Waals surface area contributed by atoms with Gasteiger partial charge in [0.05, 0.1) is 32.5 Å². The van der Waals surface area contributed by atoms with E-state index in [0.717, 1.165) is 12.8 Å². The second-order valence-electron chi connectivity index (χ2n) is 8.71. The molecule has 2 heterocycles. The fraction of sp³-hybridized carbons (Fsp3) is 0.944. The lowest BCUT2D eigenvalue weighted by Gasteiger charge is -2.48. The summed E-state index contributed by atoms with van der Waals surface area (Å²) in [5.41, 5.74) is -0.743. The normalized spacial score (nSPS) is 31.9. The van der Waals surface area contributed by atoms with Crippen molar-refractivity contribution in [3.8, 4) is 0 Å². The Balaban J connectivity index is 1.86. The van der Waals surface area contributed by atoms with E-state index in [9.17, 15) is 9.90 Å². The first-order chi connectivity index (χ1) is 11.1. The summed E-state index contributed by atoms with van der Waals surface area (Å²) < 4.78 is 23.1. The molecule has 6 heteroatoms. The van der Waals surface area contributed by atoms with Gasteiger partial charge >= 0.3 is 5.97 Å². The minimum Gasteiger partial charge on any atom is -0.465 e. The van der Waals surface area contributed by atoms with Crippen molar-refractivity contribution >= 4 is 5.97 Å². The maximum Gasteiger partial charge on any atom is 0.302 e. The summed E-state index contributed by atoms with van der Waals surface area (Å²) in [5, 5.41) is 9.50. The van der Waals surface area contributed by atoms with Gasteiger partial charge in [-0.25, -0.2) is 0 Å². The Kier molecular flexibility index (Phi) is 5.95. The van der Waals surface area contributed by atoms with Gasteiger partial charge in [0.25, 0.3) is 0 Å². The van der Waals surface area contributed by atoms with Crippen LogP contribution in [0.1, 0.15) is 47.5 Å². The number of esters is 1. The van der Waals surface area contributed by atoms with Crippen LogP contribution in [0, 0.1) is 16.2 Å². The summed E-state index contributed by atoms with van der Waals surface area (Å²) in [4.78, 5) is 11.0. The molecule has 0 saturated carbocycles. The van der Waals surface area contributed by atoms with Crippen molar-refractivity contribution in [2.45, 2.75) is 59.9 Å². The van der Waals surface area contributed by atoms with E-state index in [1.54, 1.807) is 0 Å². The smallest absolute Gasteiger partial charge is 0.302 e. The van der Waals surface area contributed by atoms with Gasteiger partial charge < -0.3 is 24.1 Å². The third-order valence-electron chi connectivity index (χ3n) is 5.17. The van der Waals surface area contributed by atoms with Crippen LogP contribution >= 0.6 is 0 Å². The fourth-order valence-electron chi connectivity index (χ4n) is 3.22. The molecule has 1 unspecified atom stereocenters. The number of aliphatic hydroxyl groups is 1.